The Bertz CT molecular complexity index is 629. The number of aromatic hydroxyl groups is 1. The van der Waals surface area contributed by atoms with Gasteiger partial charge in [-0.3, -0.25) is 4.99 Å². The molecule has 0 aliphatic rings. The minimum absolute atomic E-state index is 0.129. The normalized spacial score (nSPS) is 12.8. The van der Waals surface area contributed by atoms with Gasteiger partial charge in [-0.15, -0.1) is 0 Å². The van der Waals surface area contributed by atoms with Gasteiger partial charge in [0.15, 0.2) is 0 Å². The summed E-state index contributed by atoms with van der Waals surface area (Å²) in [6.45, 7) is 0.371. The van der Waals surface area contributed by atoms with E-state index in [2.05, 4.69) is 4.99 Å². The Balaban J connectivity index is 2.06. The number of benzene rings is 2. The molecule has 0 bridgehead atoms. The number of phenolic OH excluding ortho intramolecular Hbond substituents is 1. The average Bonchev–Trinajstić information content (AvgIpc) is 2.43. The molecule has 0 aliphatic heterocycles. The van der Waals surface area contributed by atoms with Crippen molar-refractivity contribution in [3.8, 4) is 5.75 Å². The molecule has 3 N–H and O–H groups in total. The highest BCUT2D eigenvalue weighted by molar-refractivity contribution is 6.31. The lowest BCUT2D eigenvalue weighted by Gasteiger charge is -2.10. The van der Waals surface area contributed by atoms with Gasteiger partial charge in [0.1, 0.15) is 5.75 Å². The van der Waals surface area contributed by atoms with Gasteiger partial charge in [0.05, 0.1) is 12.6 Å². The van der Waals surface area contributed by atoms with Gasteiger partial charge in [0.2, 0.25) is 0 Å². The first-order chi connectivity index (χ1) is 9.58. The van der Waals surface area contributed by atoms with Gasteiger partial charge in [-0.05, 0) is 29.8 Å². The molecule has 3 nitrogen and oxygen atoms in total. The van der Waals surface area contributed by atoms with Crippen LogP contribution in [-0.2, 0) is 0 Å². The molecule has 0 aliphatic carbocycles. The number of halogens is 2. The summed E-state index contributed by atoms with van der Waals surface area (Å²) < 4.78 is 0. The standard InChI is InChI=1S/C15H14Cl2N2O/c16-11-5-6-15(20)10(7-11)8-19-9-14(18)12-3-1-2-4-13(12)17/h1-8,14,20H,9,18H2. The van der Waals surface area contributed by atoms with Gasteiger partial charge in [0.25, 0.3) is 0 Å². The zero-order valence-corrected chi connectivity index (χ0v) is 12.1. The molecule has 0 fully saturated rings. The zero-order valence-electron chi connectivity index (χ0n) is 10.6. The molecule has 20 heavy (non-hydrogen) atoms. The Morgan fingerprint density at radius 2 is 1.95 bits per heavy atom. The molecule has 2 aromatic carbocycles. The maximum absolute atomic E-state index is 9.66. The Labute approximate surface area is 127 Å². The molecule has 0 amide bonds. The fourth-order valence-electron chi connectivity index (χ4n) is 1.77. The summed E-state index contributed by atoms with van der Waals surface area (Å²) in [4.78, 5) is 4.23. The Morgan fingerprint density at radius 1 is 1.20 bits per heavy atom. The molecular weight excluding hydrogens is 295 g/mol. The summed E-state index contributed by atoms with van der Waals surface area (Å²) in [7, 11) is 0. The van der Waals surface area contributed by atoms with Crippen LogP contribution >= 0.6 is 23.2 Å². The van der Waals surface area contributed by atoms with Crippen LogP contribution < -0.4 is 5.73 Å². The van der Waals surface area contributed by atoms with E-state index in [1.165, 1.54) is 6.07 Å². The van der Waals surface area contributed by atoms with Crippen molar-refractivity contribution >= 4 is 29.4 Å². The van der Waals surface area contributed by atoms with E-state index in [9.17, 15) is 5.11 Å². The van der Waals surface area contributed by atoms with Crippen molar-refractivity contribution in [2.24, 2.45) is 10.7 Å². The van der Waals surface area contributed by atoms with Gasteiger partial charge in [0, 0.05) is 21.8 Å². The van der Waals surface area contributed by atoms with Gasteiger partial charge >= 0.3 is 0 Å². The van der Waals surface area contributed by atoms with Crippen LogP contribution in [0.5, 0.6) is 5.75 Å². The third kappa shape index (κ3) is 3.73. The van der Waals surface area contributed by atoms with E-state index in [-0.39, 0.29) is 11.8 Å². The van der Waals surface area contributed by atoms with Crippen LogP contribution in [0.1, 0.15) is 17.2 Å². The topological polar surface area (TPSA) is 58.6 Å². The highest BCUT2D eigenvalue weighted by atomic mass is 35.5. The van der Waals surface area contributed by atoms with Crippen molar-refractivity contribution in [3.63, 3.8) is 0 Å². The zero-order chi connectivity index (χ0) is 14.5. The molecule has 1 unspecified atom stereocenters. The molecule has 0 saturated heterocycles. The third-order valence-electron chi connectivity index (χ3n) is 2.83. The summed E-state index contributed by atoms with van der Waals surface area (Å²) in [5, 5.41) is 10.8. The third-order valence-corrected chi connectivity index (χ3v) is 3.41. The van der Waals surface area contributed by atoms with Gasteiger partial charge in [-0.25, -0.2) is 0 Å². The molecule has 0 spiro atoms. The van der Waals surface area contributed by atoms with E-state index in [4.69, 9.17) is 28.9 Å². The minimum Gasteiger partial charge on any atom is -0.507 e. The highest BCUT2D eigenvalue weighted by Crippen LogP contribution is 2.22. The molecule has 2 aromatic rings. The predicted molar refractivity (Wildman–Crippen MR) is 84.0 cm³/mol. The molecular formula is C15H14Cl2N2O. The highest BCUT2D eigenvalue weighted by Gasteiger charge is 2.08. The molecule has 5 heteroatoms. The first kappa shape index (κ1) is 14.9. The van der Waals surface area contributed by atoms with E-state index < -0.39 is 0 Å². The van der Waals surface area contributed by atoms with Crippen molar-refractivity contribution in [1.82, 2.24) is 0 Å². The smallest absolute Gasteiger partial charge is 0.124 e. The molecule has 0 heterocycles. The summed E-state index contributed by atoms with van der Waals surface area (Å²) in [5.74, 6) is 0.129. The van der Waals surface area contributed by atoms with Crippen molar-refractivity contribution < 1.29 is 5.11 Å². The summed E-state index contributed by atoms with van der Waals surface area (Å²) in [6, 6.07) is 11.9. The largest absolute Gasteiger partial charge is 0.507 e. The number of nitrogens with two attached hydrogens (primary N) is 1. The van der Waals surface area contributed by atoms with Crippen LogP contribution in [0, 0.1) is 0 Å². The molecule has 0 radical (unpaired) electrons. The number of nitrogens with zero attached hydrogens (tertiary/aromatic N) is 1. The van der Waals surface area contributed by atoms with Crippen LogP contribution in [0.3, 0.4) is 0 Å². The SMILES string of the molecule is NC(CN=Cc1cc(Cl)ccc1O)c1ccccc1Cl. The second-order valence-corrected chi connectivity index (χ2v) is 5.17. The maximum Gasteiger partial charge on any atom is 0.124 e. The lowest BCUT2D eigenvalue weighted by atomic mass is 10.1. The van der Waals surface area contributed by atoms with Gasteiger partial charge < -0.3 is 10.8 Å². The monoisotopic (exact) mass is 308 g/mol. The fourth-order valence-corrected chi connectivity index (χ4v) is 2.22. The van der Waals surface area contributed by atoms with Crippen LogP contribution in [0.25, 0.3) is 0 Å². The molecule has 2 rings (SSSR count). The van der Waals surface area contributed by atoms with Crippen molar-refractivity contribution in [2.75, 3.05) is 6.54 Å². The number of phenols is 1. The molecule has 1 atom stereocenters. The van der Waals surface area contributed by atoms with E-state index in [1.807, 2.05) is 18.2 Å². The number of hydrogen-bond acceptors (Lipinski definition) is 3. The second kappa shape index (κ2) is 6.75. The number of rotatable bonds is 4. The lowest BCUT2D eigenvalue weighted by Crippen LogP contribution is -2.14. The van der Waals surface area contributed by atoms with Crippen LogP contribution in [-0.4, -0.2) is 17.9 Å². The van der Waals surface area contributed by atoms with Crippen molar-refractivity contribution in [3.05, 3.63) is 63.6 Å². The number of hydrogen-bond donors (Lipinski definition) is 2. The predicted octanol–water partition coefficient (Wildman–Crippen LogP) is 3.82. The number of aliphatic imine (C=N–C) groups is 1. The summed E-state index contributed by atoms with van der Waals surface area (Å²) in [6.07, 6.45) is 1.55. The average molecular weight is 309 g/mol. The minimum atomic E-state index is -0.290. The van der Waals surface area contributed by atoms with E-state index in [0.29, 0.717) is 22.2 Å². The quantitative estimate of drug-likeness (QED) is 0.844. The van der Waals surface area contributed by atoms with E-state index in [0.717, 1.165) is 5.56 Å². The lowest BCUT2D eigenvalue weighted by molar-refractivity contribution is 0.474. The second-order valence-electron chi connectivity index (χ2n) is 4.33. The summed E-state index contributed by atoms with van der Waals surface area (Å²) >= 11 is 11.9. The molecule has 104 valence electrons. The van der Waals surface area contributed by atoms with Crippen LogP contribution in [0.15, 0.2) is 47.5 Å². The van der Waals surface area contributed by atoms with Crippen molar-refractivity contribution in [1.29, 1.82) is 0 Å². The Kier molecular flexibility index (Phi) is 5.01. The van der Waals surface area contributed by atoms with Crippen molar-refractivity contribution in [2.45, 2.75) is 6.04 Å². The Hall–Kier alpha value is -1.55. The Morgan fingerprint density at radius 3 is 2.70 bits per heavy atom. The van der Waals surface area contributed by atoms with Gasteiger partial charge in [-0.2, -0.15) is 0 Å². The first-order valence-electron chi connectivity index (χ1n) is 6.06. The molecule has 0 saturated carbocycles. The summed E-state index contributed by atoms with van der Waals surface area (Å²) in [5.41, 5.74) is 7.45. The fraction of sp³-hybridized carbons (Fsp3) is 0.133. The maximum atomic E-state index is 9.66. The molecule has 0 aromatic heterocycles. The van der Waals surface area contributed by atoms with Gasteiger partial charge in [-0.1, -0.05) is 41.4 Å². The van der Waals surface area contributed by atoms with E-state index >= 15 is 0 Å². The van der Waals surface area contributed by atoms with Crippen LogP contribution in [0.2, 0.25) is 10.0 Å². The van der Waals surface area contributed by atoms with Crippen LogP contribution in [0.4, 0.5) is 0 Å². The van der Waals surface area contributed by atoms with E-state index in [1.54, 1.807) is 24.4 Å². The first-order valence-corrected chi connectivity index (χ1v) is 6.82.